The van der Waals surface area contributed by atoms with Crippen molar-refractivity contribution in [3.63, 3.8) is 0 Å². The number of Topliss-reactive ketones (excluding diaryl/α,β-unsaturated/α-hetero) is 1. The predicted octanol–water partition coefficient (Wildman–Crippen LogP) is 3.27. The summed E-state index contributed by atoms with van der Waals surface area (Å²) in [6.07, 6.45) is 10.0. The molecule has 1 unspecified atom stereocenters. The number of nitrogens with zero attached hydrogens (tertiary/aromatic N) is 2. The van der Waals surface area contributed by atoms with Gasteiger partial charge in [-0.25, -0.2) is 0 Å². The van der Waals surface area contributed by atoms with E-state index in [0.29, 0.717) is 25.4 Å². The van der Waals surface area contributed by atoms with E-state index in [-0.39, 0.29) is 11.2 Å². The monoisotopic (exact) mass is 291 g/mol. The van der Waals surface area contributed by atoms with Gasteiger partial charge in [-0.3, -0.25) is 9.48 Å². The average molecular weight is 291 g/mol. The van der Waals surface area contributed by atoms with E-state index in [0.717, 1.165) is 25.0 Å². The van der Waals surface area contributed by atoms with Crippen molar-refractivity contribution < 1.29 is 4.79 Å². The maximum atomic E-state index is 12.4. The molecule has 2 N–H and O–H groups in total. The van der Waals surface area contributed by atoms with Crippen molar-refractivity contribution in [2.75, 3.05) is 6.54 Å². The SMILES string of the molecule is CCC(C)n1ccc(CC(=O)CC2(CN)CCCCC2)n1. The van der Waals surface area contributed by atoms with Gasteiger partial charge in [-0.15, -0.1) is 0 Å². The minimum atomic E-state index is 0.0641. The van der Waals surface area contributed by atoms with Gasteiger partial charge in [-0.05, 0) is 44.2 Å². The van der Waals surface area contributed by atoms with E-state index in [1.54, 1.807) is 0 Å². The van der Waals surface area contributed by atoms with Crippen LogP contribution in [0.3, 0.4) is 0 Å². The van der Waals surface area contributed by atoms with E-state index < -0.39 is 0 Å². The van der Waals surface area contributed by atoms with Crippen molar-refractivity contribution in [1.82, 2.24) is 9.78 Å². The quantitative estimate of drug-likeness (QED) is 0.838. The molecule has 0 amide bonds. The second-order valence-corrected chi connectivity index (χ2v) is 6.70. The van der Waals surface area contributed by atoms with E-state index in [1.165, 1.54) is 19.3 Å². The molecule has 0 saturated heterocycles. The highest BCUT2D eigenvalue weighted by molar-refractivity contribution is 5.81. The van der Waals surface area contributed by atoms with Gasteiger partial charge < -0.3 is 5.73 Å². The molecule has 0 bridgehead atoms. The molecule has 4 heteroatoms. The number of hydrogen-bond donors (Lipinski definition) is 1. The fraction of sp³-hybridized carbons (Fsp3) is 0.765. The van der Waals surface area contributed by atoms with Gasteiger partial charge in [0.05, 0.1) is 12.1 Å². The minimum Gasteiger partial charge on any atom is -0.330 e. The minimum absolute atomic E-state index is 0.0641. The first-order valence-electron chi connectivity index (χ1n) is 8.34. The Hall–Kier alpha value is -1.16. The predicted molar refractivity (Wildman–Crippen MR) is 85.1 cm³/mol. The van der Waals surface area contributed by atoms with Crippen molar-refractivity contribution in [2.45, 2.75) is 71.3 Å². The second-order valence-electron chi connectivity index (χ2n) is 6.70. The topological polar surface area (TPSA) is 60.9 Å². The molecule has 1 aromatic rings. The molecule has 1 aliphatic rings. The van der Waals surface area contributed by atoms with Gasteiger partial charge in [0.25, 0.3) is 0 Å². The number of nitrogens with two attached hydrogens (primary N) is 1. The number of aromatic nitrogens is 2. The maximum absolute atomic E-state index is 12.4. The molecule has 1 saturated carbocycles. The van der Waals surface area contributed by atoms with E-state index in [4.69, 9.17) is 5.73 Å². The van der Waals surface area contributed by atoms with Crippen molar-refractivity contribution in [2.24, 2.45) is 11.1 Å². The van der Waals surface area contributed by atoms with Crippen molar-refractivity contribution in [3.05, 3.63) is 18.0 Å². The van der Waals surface area contributed by atoms with Crippen LogP contribution in [0.5, 0.6) is 0 Å². The Morgan fingerprint density at radius 2 is 2.14 bits per heavy atom. The lowest BCUT2D eigenvalue weighted by Gasteiger charge is -2.35. The number of ketones is 1. The van der Waals surface area contributed by atoms with Gasteiger partial charge in [-0.2, -0.15) is 5.10 Å². The molecule has 0 radical (unpaired) electrons. The van der Waals surface area contributed by atoms with Crippen LogP contribution in [0.25, 0.3) is 0 Å². The highest BCUT2D eigenvalue weighted by Crippen LogP contribution is 2.38. The van der Waals surface area contributed by atoms with Gasteiger partial charge in [0.1, 0.15) is 5.78 Å². The highest BCUT2D eigenvalue weighted by Gasteiger charge is 2.32. The normalized spacial score (nSPS) is 19.4. The van der Waals surface area contributed by atoms with Crippen LogP contribution >= 0.6 is 0 Å². The van der Waals surface area contributed by atoms with E-state index >= 15 is 0 Å². The molecule has 1 atom stereocenters. The van der Waals surface area contributed by atoms with Crippen molar-refractivity contribution >= 4 is 5.78 Å². The Morgan fingerprint density at radius 1 is 1.43 bits per heavy atom. The lowest BCUT2D eigenvalue weighted by Crippen LogP contribution is -2.35. The Bertz CT molecular complexity index is 460. The van der Waals surface area contributed by atoms with Crippen LogP contribution in [0, 0.1) is 5.41 Å². The third-order valence-electron chi connectivity index (χ3n) is 5.00. The summed E-state index contributed by atoms with van der Waals surface area (Å²) < 4.78 is 1.96. The van der Waals surface area contributed by atoms with Gasteiger partial charge in [0, 0.05) is 18.7 Å². The second kappa shape index (κ2) is 7.21. The van der Waals surface area contributed by atoms with E-state index in [2.05, 4.69) is 18.9 Å². The third-order valence-corrected chi connectivity index (χ3v) is 5.00. The zero-order valence-electron chi connectivity index (χ0n) is 13.5. The Balaban J connectivity index is 1.93. The van der Waals surface area contributed by atoms with Gasteiger partial charge in [0.15, 0.2) is 0 Å². The summed E-state index contributed by atoms with van der Waals surface area (Å²) in [5.41, 5.74) is 6.93. The molecule has 0 aliphatic heterocycles. The van der Waals surface area contributed by atoms with Crippen LogP contribution in [-0.4, -0.2) is 22.1 Å². The van der Waals surface area contributed by atoms with E-state index in [1.807, 2.05) is 16.9 Å². The summed E-state index contributed by atoms with van der Waals surface area (Å²) in [6.45, 7) is 4.93. The number of carbonyl (C=O) groups is 1. The lowest BCUT2D eigenvalue weighted by atomic mass is 9.70. The van der Waals surface area contributed by atoms with Crippen LogP contribution < -0.4 is 5.73 Å². The molecule has 1 fully saturated rings. The fourth-order valence-electron chi connectivity index (χ4n) is 3.34. The number of carbonyl (C=O) groups excluding carboxylic acids is 1. The number of hydrogen-bond acceptors (Lipinski definition) is 3. The van der Waals surface area contributed by atoms with Crippen LogP contribution in [-0.2, 0) is 11.2 Å². The maximum Gasteiger partial charge on any atom is 0.139 e. The average Bonchev–Trinajstić information content (AvgIpc) is 2.95. The van der Waals surface area contributed by atoms with Crippen molar-refractivity contribution in [3.8, 4) is 0 Å². The first kappa shape index (κ1) is 16.2. The molecule has 2 rings (SSSR count). The highest BCUT2D eigenvalue weighted by atomic mass is 16.1. The molecule has 118 valence electrons. The summed E-state index contributed by atoms with van der Waals surface area (Å²) in [7, 11) is 0. The summed E-state index contributed by atoms with van der Waals surface area (Å²) in [4.78, 5) is 12.4. The van der Waals surface area contributed by atoms with Crippen molar-refractivity contribution in [1.29, 1.82) is 0 Å². The fourth-order valence-corrected chi connectivity index (χ4v) is 3.34. The van der Waals surface area contributed by atoms with Crippen LogP contribution in [0.4, 0.5) is 0 Å². The zero-order valence-corrected chi connectivity index (χ0v) is 13.5. The van der Waals surface area contributed by atoms with Crippen LogP contribution in [0.1, 0.15) is 70.5 Å². The first-order valence-corrected chi connectivity index (χ1v) is 8.34. The standard InChI is InChI=1S/C17H29N3O/c1-3-14(2)20-10-7-15(19-20)11-16(21)12-17(13-18)8-5-4-6-9-17/h7,10,14H,3-6,8-9,11-13,18H2,1-2H3. The molecule has 0 aromatic carbocycles. The number of rotatable bonds is 7. The van der Waals surface area contributed by atoms with Gasteiger partial charge in [-0.1, -0.05) is 26.2 Å². The summed E-state index contributed by atoms with van der Waals surface area (Å²) in [5, 5.41) is 4.53. The van der Waals surface area contributed by atoms with E-state index in [9.17, 15) is 4.79 Å². The molecule has 1 heterocycles. The molecule has 1 aliphatic carbocycles. The van der Waals surface area contributed by atoms with Gasteiger partial charge in [0.2, 0.25) is 0 Å². The molecule has 0 spiro atoms. The smallest absolute Gasteiger partial charge is 0.139 e. The third kappa shape index (κ3) is 4.16. The van der Waals surface area contributed by atoms with Crippen LogP contribution in [0.2, 0.25) is 0 Å². The molecular weight excluding hydrogens is 262 g/mol. The van der Waals surface area contributed by atoms with Gasteiger partial charge >= 0.3 is 0 Å². The zero-order chi connectivity index (χ0) is 15.3. The Kier molecular flexibility index (Phi) is 5.57. The Labute approximate surface area is 128 Å². The first-order chi connectivity index (χ1) is 10.1. The molecule has 21 heavy (non-hydrogen) atoms. The largest absolute Gasteiger partial charge is 0.330 e. The summed E-state index contributed by atoms with van der Waals surface area (Å²) in [5.74, 6) is 0.289. The summed E-state index contributed by atoms with van der Waals surface area (Å²) in [6, 6.07) is 2.36. The molecule has 4 nitrogen and oxygen atoms in total. The van der Waals surface area contributed by atoms with Crippen LogP contribution in [0.15, 0.2) is 12.3 Å². The Morgan fingerprint density at radius 3 is 2.76 bits per heavy atom. The molecule has 1 aromatic heterocycles. The molecular formula is C17H29N3O. The summed E-state index contributed by atoms with van der Waals surface area (Å²) >= 11 is 0. The lowest BCUT2D eigenvalue weighted by molar-refractivity contribution is -0.121.